The first-order valence-corrected chi connectivity index (χ1v) is 29.2. The number of rotatable bonds is 15. The molecule has 3 rings (SSSR count). The van der Waals surface area contributed by atoms with E-state index in [0.717, 1.165) is 12.8 Å². The smallest absolute Gasteiger partial charge is 0.390 e. The Morgan fingerprint density at radius 3 is 0.520 bits per heavy atom. The number of nitrogens with zero attached hydrogens (tertiary/aromatic N) is 12. The molecule has 3 aliphatic rings. The second-order valence-corrected chi connectivity index (χ2v) is 20.2. The van der Waals surface area contributed by atoms with Crippen molar-refractivity contribution >= 4 is 165 Å². The Balaban J connectivity index is -0.0000000347. The van der Waals surface area contributed by atoms with Gasteiger partial charge in [0.25, 0.3) is 17.1 Å². The first-order chi connectivity index (χ1) is 56.1. The number of carboxylic acid groups (broad SMARTS) is 10. The van der Waals surface area contributed by atoms with E-state index in [1.54, 1.807) is 27.7 Å². The third kappa shape index (κ3) is 136. The maximum absolute atomic E-state index is 10.5. The Bertz CT molecular complexity index is 3160. The van der Waals surface area contributed by atoms with Gasteiger partial charge in [-0.15, -0.1) is 0 Å². The van der Waals surface area contributed by atoms with Gasteiger partial charge >= 0.3 is 118 Å². The third-order valence-corrected chi connectivity index (χ3v) is 11.1. The minimum atomic E-state index is -1.45. The number of aliphatic carboxylic acids is 10. The average molecular weight is 2100 g/mol. The summed E-state index contributed by atoms with van der Waals surface area (Å²) in [5.41, 5.74) is -5.86. The van der Waals surface area contributed by atoms with Gasteiger partial charge in [0, 0.05) is 219 Å². The van der Waals surface area contributed by atoms with E-state index in [-0.39, 0.29) is 108 Å². The zero-order valence-corrected chi connectivity index (χ0v) is 76.6. The maximum atomic E-state index is 10.5. The van der Waals surface area contributed by atoms with Crippen molar-refractivity contribution in [1.82, 2.24) is 0 Å². The Morgan fingerprint density at radius 2 is 0.512 bits per heavy atom. The molecule has 0 aromatic carbocycles. The molecule has 125 heavy (non-hydrogen) atoms. The van der Waals surface area contributed by atoms with Crippen LogP contribution in [0.25, 0.3) is 58.1 Å². The molecule has 53 heteroatoms. The van der Waals surface area contributed by atoms with E-state index in [9.17, 15) is 62.3 Å². The van der Waals surface area contributed by atoms with E-state index in [4.69, 9.17) is 197 Å². The van der Waals surface area contributed by atoms with Crippen LogP contribution < -0.4 is 0 Å². The van der Waals surface area contributed by atoms with Crippen molar-refractivity contribution in [3.63, 3.8) is 0 Å². The summed E-state index contributed by atoms with van der Waals surface area (Å²) in [5.74, 6) is -11.1. The number of carbonyl (C=O) groups excluding carboxylic acids is 17. The summed E-state index contributed by atoms with van der Waals surface area (Å²) in [6, 6.07) is -5.40. The van der Waals surface area contributed by atoms with E-state index in [0.29, 0.717) is 32.1 Å². The monoisotopic (exact) mass is 2100 g/mol. The molecule has 0 bridgehead atoms. The van der Waals surface area contributed by atoms with Crippen LogP contribution in [0.5, 0.6) is 0 Å². The van der Waals surface area contributed by atoms with Crippen LogP contribution in [0.3, 0.4) is 0 Å². The molecule has 6 unspecified atom stereocenters. The number of carboxylic acids is 10. The zero-order valence-electron chi connectivity index (χ0n) is 68.5. The number of carbonyl (C=O) groups is 13. The molecule has 49 nitrogen and oxygen atoms in total. The molecule has 3 saturated carbocycles. The molecule has 3 fully saturated rings. The predicted molar refractivity (Wildman–Crippen MR) is 412 cm³/mol. The molecule has 0 amide bonds. The standard InChI is InChI=1S/C6H7NO.C6H9NO.C5H5NO4.2C5H5NO2.3C5H7NO2.C5H7NO.3C4H5NO2.CO2.12CHO.4Mo/c1-5(8)6(7-2)3-4-6;1-5(8)6(2,3)7-4;1-6-3(5(9)10)2-4(7)8;2*1-6-5(2-3-5)4(7)8;2*1-5(2,6-3)4(7)8;1-3-4(6-2)5(7)8;1-4(6-3)5(2)7;3*1-3(5-2)4(6)7;2-1-3;12*1-2;;;;/h3-4H2,1H3;1-3H3;3H,2H2,(H,7,8)(H,9,10);2*2-3H2,(H,7,8);2*1-2H3,(H,7,8);4H,3H2,1H3,(H,7,8);4H,1-2H3;3*3H,1H3,(H,6,7);;12*1H;;;;/q;;;;;;;;;;;;;12*-1;;;;. The molecular weight excluding hydrogens is 2010 g/mol. The van der Waals surface area contributed by atoms with Crippen LogP contribution >= 0.6 is 0 Å². The Labute approximate surface area is 779 Å². The maximum Gasteiger partial charge on any atom is 0.390 e. The van der Waals surface area contributed by atoms with Crippen molar-refractivity contribution in [2.24, 2.45) is 0 Å². The minimum Gasteiger partial charge on any atom is -0.545 e. The van der Waals surface area contributed by atoms with Gasteiger partial charge in [0.2, 0.25) is 17.3 Å². The summed E-state index contributed by atoms with van der Waals surface area (Å²) in [6.07, 6.45) is 3.70. The second kappa shape index (κ2) is 130. The molecule has 0 saturated heterocycles. The topological polar surface area (TPSA) is 716 Å². The first kappa shape index (κ1) is 186. The van der Waals surface area contributed by atoms with Crippen LogP contribution in [-0.4, -0.2) is 285 Å². The number of ketones is 3. The van der Waals surface area contributed by atoms with Crippen LogP contribution in [-0.2, 0) is 214 Å². The quantitative estimate of drug-likeness (QED) is 0.0636. The predicted octanol–water partition coefficient (Wildman–Crippen LogP) is 3.62. The van der Waals surface area contributed by atoms with E-state index < -0.39 is 136 Å². The largest absolute Gasteiger partial charge is 0.545 e. The number of hydrogen-bond donors (Lipinski definition) is 10. The molecule has 692 valence electrons. The molecule has 3 aliphatic carbocycles. The van der Waals surface area contributed by atoms with Gasteiger partial charge in [0.15, 0.2) is 0 Å². The molecule has 0 aromatic heterocycles. The van der Waals surface area contributed by atoms with E-state index in [2.05, 4.69) is 140 Å². The van der Waals surface area contributed by atoms with Gasteiger partial charge in [-0.1, -0.05) is 6.92 Å². The zero-order chi connectivity index (χ0) is 104. The van der Waals surface area contributed by atoms with Crippen LogP contribution in [0.15, 0.2) is 0 Å². The average Bonchev–Trinajstić information content (AvgIpc) is 1.67. The van der Waals surface area contributed by atoms with Gasteiger partial charge < -0.3 is 147 Å². The first-order valence-electron chi connectivity index (χ1n) is 29.2. The third-order valence-electron chi connectivity index (χ3n) is 11.1. The molecule has 0 aromatic rings. The molecule has 0 spiro atoms. The summed E-state index contributed by atoms with van der Waals surface area (Å²) >= 11 is 0. The van der Waals surface area contributed by atoms with Gasteiger partial charge in [-0.25, -0.2) is 122 Å². The fourth-order valence-electron chi connectivity index (χ4n) is 2.75. The van der Waals surface area contributed by atoms with Crippen molar-refractivity contribution in [3.05, 3.63) is 137 Å². The van der Waals surface area contributed by atoms with Crippen LogP contribution in [0, 0.1) is 78.9 Å². The van der Waals surface area contributed by atoms with Crippen molar-refractivity contribution < 1.29 is 265 Å². The number of Topliss-reactive ketones (excluding diaryl/α,β-unsaturated/α-hetero) is 3. The summed E-state index contributed by atoms with van der Waals surface area (Å²) in [7, 11) is 0. The summed E-state index contributed by atoms with van der Waals surface area (Å²) in [4.78, 5) is 274. The second-order valence-electron chi connectivity index (χ2n) is 20.2. The van der Waals surface area contributed by atoms with E-state index >= 15 is 0 Å². The summed E-state index contributed by atoms with van der Waals surface area (Å²) in [5, 5.41) is 81.3. The van der Waals surface area contributed by atoms with Crippen LogP contribution in [0.2, 0.25) is 0 Å². The summed E-state index contributed by atoms with van der Waals surface area (Å²) in [6.45, 7) is 136. The fraction of sp³-hybridized carbons (Fsp3) is 0.472. The van der Waals surface area contributed by atoms with Crippen molar-refractivity contribution in [1.29, 1.82) is 0 Å². The van der Waals surface area contributed by atoms with Crippen LogP contribution in [0.1, 0.15) is 148 Å². The molecule has 0 heterocycles. The Morgan fingerprint density at radius 1 is 0.328 bits per heavy atom. The molecule has 6 atom stereocenters. The van der Waals surface area contributed by atoms with Gasteiger partial charge in [-0.3, -0.25) is 120 Å². The molecule has 0 aliphatic heterocycles. The van der Waals surface area contributed by atoms with Crippen molar-refractivity contribution in [3.8, 4) is 0 Å². The van der Waals surface area contributed by atoms with Gasteiger partial charge in [0.05, 0.1) is 0 Å². The Hall–Kier alpha value is -14.2. The minimum absolute atomic E-state index is 0. The van der Waals surface area contributed by atoms with Gasteiger partial charge in [0.1, 0.15) is 6.42 Å². The van der Waals surface area contributed by atoms with Gasteiger partial charge in [-0.05, 0) is 0 Å². The Kier molecular flexibility index (Phi) is 194. The molecule has 10 N–H and O–H groups in total. The normalized spacial score (nSPS) is 10.9. The summed E-state index contributed by atoms with van der Waals surface area (Å²) < 4.78 is 0. The van der Waals surface area contributed by atoms with Gasteiger partial charge in [-0.2, -0.15) is 9.59 Å². The molecular formula is C72H86Mo4N12O37-12. The SMILES string of the molecule is O=C=O.[C-]#[N+]C(C)(C)C(=O)O.[C-]#[N+]C(C)(C)C(=O)O.[C-]#[N+]C(C)(C)C(C)=O.[C-]#[N+]C(C)C(=O)O.[C-]#[N+]C(C)C(=O)O.[C-]#[N+]C(C)C(=O)O.[C-]#[N+]C(C)C(C)=O.[C-]#[N+]C(CC(=O)O)C(=O)O.[C-]#[N+]C(CC)C(=O)O.[C-]#[N+]C1(C(=O)O)CC1.[C-]#[N+]C1(C(=O)O)CC1.[C-]#[N+]C1(C(C)=O)CC1.[CH-]=O.[CH-]=O.[CH-]=O.[CH-]=O.[CH-]=O.[CH-]=O.[CH-]=O.[CH-]=O.[CH-]=O.[CH-]=O.[CH-]=O.[CH-]=O.[Mo].[Mo].[Mo].[Mo]. The van der Waals surface area contributed by atoms with Crippen LogP contribution in [0.4, 0.5) is 0 Å². The fourth-order valence-corrected chi connectivity index (χ4v) is 2.75. The van der Waals surface area contributed by atoms with Crippen molar-refractivity contribution in [2.75, 3.05) is 0 Å². The molecule has 0 radical (unpaired) electrons. The van der Waals surface area contributed by atoms with E-state index in [1.165, 1.54) is 69.2 Å². The van der Waals surface area contributed by atoms with E-state index in [1.807, 2.05) is 0 Å². The number of hydrogen-bond acceptors (Lipinski definition) is 27. The van der Waals surface area contributed by atoms with Crippen molar-refractivity contribution in [2.45, 2.75) is 218 Å².